The zero-order valence-electron chi connectivity index (χ0n) is 11.8. The molecule has 2 nitrogen and oxygen atoms in total. The van der Waals surface area contributed by atoms with Crippen molar-refractivity contribution in [3.05, 3.63) is 64.7 Å². The Kier molecular flexibility index (Phi) is 3.75. The number of aliphatic hydroxyl groups is 1. The normalized spacial score (nSPS) is 14.7. The van der Waals surface area contributed by atoms with Crippen molar-refractivity contribution in [3.8, 4) is 5.75 Å². The fourth-order valence-corrected chi connectivity index (χ4v) is 2.67. The number of ether oxygens (including phenoxy) is 1. The van der Waals surface area contributed by atoms with E-state index in [-0.39, 0.29) is 0 Å². The van der Waals surface area contributed by atoms with E-state index in [1.807, 2.05) is 12.1 Å². The minimum atomic E-state index is -0.451. The van der Waals surface area contributed by atoms with Crippen molar-refractivity contribution >= 4 is 0 Å². The van der Waals surface area contributed by atoms with Gasteiger partial charge in [-0.1, -0.05) is 37.3 Å². The molecule has 2 heteroatoms. The third-order valence-electron chi connectivity index (χ3n) is 3.96. The van der Waals surface area contributed by atoms with Crippen LogP contribution < -0.4 is 4.74 Å². The van der Waals surface area contributed by atoms with Crippen LogP contribution >= 0.6 is 0 Å². The molecule has 0 saturated heterocycles. The highest BCUT2D eigenvalue weighted by Gasteiger charge is 2.15. The molecule has 104 valence electrons. The highest BCUT2D eigenvalue weighted by molar-refractivity contribution is 5.40. The fraction of sp³-hybridized carbons (Fsp3) is 0.333. The van der Waals surface area contributed by atoms with Crippen LogP contribution in [0.5, 0.6) is 5.75 Å². The van der Waals surface area contributed by atoms with Gasteiger partial charge in [0.15, 0.2) is 0 Å². The van der Waals surface area contributed by atoms with Gasteiger partial charge in [-0.25, -0.2) is 0 Å². The van der Waals surface area contributed by atoms with Crippen LogP contribution in [0.2, 0.25) is 0 Å². The summed E-state index contributed by atoms with van der Waals surface area (Å²) in [4.78, 5) is 0. The van der Waals surface area contributed by atoms with Gasteiger partial charge in [-0.15, -0.1) is 0 Å². The van der Waals surface area contributed by atoms with E-state index in [9.17, 15) is 5.11 Å². The van der Waals surface area contributed by atoms with Crippen LogP contribution in [0.4, 0.5) is 0 Å². The Morgan fingerprint density at radius 3 is 2.60 bits per heavy atom. The lowest BCUT2D eigenvalue weighted by Gasteiger charge is -2.12. The second-order valence-electron chi connectivity index (χ2n) is 5.36. The molecular weight excluding hydrogens is 248 g/mol. The summed E-state index contributed by atoms with van der Waals surface area (Å²) in [6.07, 6.45) is 2.20. The number of fused-ring (bicyclic) bond motifs is 1. The first-order chi connectivity index (χ1) is 9.76. The predicted octanol–water partition coefficient (Wildman–Crippen LogP) is 3.46. The smallest absolute Gasteiger partial charge is 0.122 e. The topological polar surface area (TPSA) is 29.5 Å². The third kappa shape index (κ3) is 2.70. The number of aliphatic hydroxyl groups excluding tert-OH is 1. The van der Waals surface area contributed by atoms with Crippen molar-refractivity contribution in [3.63, 3.8) is 0 Å². The van der Waals surface area contributed by atoms with Crippen LogP contribution in [-0.4, -0.2) is 11.7 Å². The van der Waals surface area contributed by atoms with E-state index in [2.05, 4.69) is 37.3 Å². The Bertz CT molecular complexity index is 587. The molecule has 3 rings (SSSR count). The van der Waals surface area contributed by atoms with Gasteiger partial charge in [0.1, 0.15) is 5.75 Å². The molecule has 1 heterocycles. The van der Waals surface area contributed by atoms with E-state index >= 15 is 0 Å². The molecule has 0 amide bonds. The van der Waals surface area contributed by atoms with Crippen molar-refractivity contribution in [1.29, 1.82) is 0 Å². The largest absolute Gasteiger partial charge is 0.493 e. The number of benzene rings is 2. The molecule has 2 aromatic carbocycles. The molecule has 1 unspecified atom stereocenters. The molecule has 0 aliphatic carbocycles. The van der Waals surface area contributed by atoms with Gasteiger partial charge in [0.2, 0.25) is 0 Å². The molecule has 0 fully saturated rings. The van der Waals surface area contributed by atoms with Crippen LogP contribution in [0.25, 0.3) is 0 Å². The number of hydrogen-bond acceptors (Lipinski definition) is 2. The summed E-state index contributed by atoms with van der Waals surface area (Å²) in [5, 5.41) is 10.4. The monoisotopic (exact) mass is 268 g/mol. The lowest BCUT2D eigenvalue weighted by atomic mass is 9.98. The minimum absolute atomic E-state index is 0.451. The number of aryl methyl sites for hydroxylation is 1. The van der Waals surface area contributed by atoms with Gasteiger partial charge in [-0.05, 0) is 40.8 Å². The number of hydrogen-bond donors (Lipinski definition) is 1. The lowest BCUT2D eigenvalue weighted by Crippen LogP contribution is -2.02. The molecule has 0 saturated carbocycles. The van der Waals surface area contributed by atoms with Gasteiger partial charge in [-0.3, -0.25) is 0 Å². The maximum atomic E-state index is 10.4. The molecule has 1 atom stereocenters. The van der Waals surface area contributed by atoms with Gasteiger partial charge >= 0.3 is 0 Å². The summed E-state index contributed by atoms with van der Waals surface area (Å²) in [5.74, 6) is 0.966. The maximum absolute atomic E-state index is 10.4. The van der Waals surface area contributed by atoms with E-state index in [0.717, 1.165) is 30.8 Å². The molecule has 1 N–H and O–H groups in total. The summed E-state index contributed by atoms with van der Waals surface area (Å²) < 4.78 is 5.50. The van der Waals surface area contributed by atoms with Crippen LogP contribution in [0.15, 0.2) is 42.5 Å². The van der Waals surface area contributed by atoms with E-state index in [1.165, 1.54) is 16.7 Å². The zero-order chi connectivity index (χ0) is 13.9. The van der Waals surface area contributed by atoms with E-state index in [1.54, 1.807) is 0 Å². The maximum Gasteiger partial charge on any atom is 0.122 e. The van der Waals surface area contributed by atoms with Crippen molar-refractivity contribution in [2.24, 2.45) is 0 Å². The Morgan fingerprint density at radius 2 is 1.85 bits per heavy atom. The second kappa shape index (κ2) is 5.68. The van der Waals surface area contributed by atoms with Gasteiger partial charge in [0, 0.05) is 12.8 Å². The molecule has 1 aliphatic rings. The highest BCUT2D eigenvalue weighted by atomic mass is 16.5. The summed E-state index contributed by atoms with van der Waals surface area (Å²) in [6.45, 7) is 2.91. The minimum Gasteiger partial charge on any atom is -0.493 e. The van der Waals surface area contributed by atoms with E-state index in [4.69, 9.17) is 4.74 Å². The quantitative estimate of drug-likeness (QED) is 0.920. The predicted molar refractivity (Wildman–Crippen MR) is 80.1 cm³/mol. The second-order valence-corrected chi connectivity index (χ2v) is 5.36. The fourth-order valence-electron chi connectivity index (χ4n) is 2.67. The first-order valence-corrected chi connectivity index (χ1v) is 7.28. The van der Waals surface area contributed by atoms with Crippen molar-refractivity contribution in [2.75, 3.05) is 6.61 Å². The molecule has 0 spiro atoms. The lowest BCUT2D eigenvalue weighted by molar-refractivity contribution is 0.178. The Labute approximate surface area is 120 Å². The third-order valence-corrected chi connectivity index (χ3v) is 3.96. The highest BCUT2D eigenvalue weighted by Crippen LogP contribution is 2.29. The molecule has 0 bridgehead atoms. The van der Waals surface area contributed by atoms with Crippen molar-refractivity contribution in [2.45, 2.75) is 32.3 Å². The van der Waals surface area contributed by atoms with Crippen molar-refractivity contribution < 1.29 is 9.84 Å². The molecule has 20 heavy (non-hydrogen) atoms. The molecule has 0 radical (unpaired) electrons. The van der Waals surface area contributed by atoms with Gasteiger partial charge in [-0.2, -0.15) is 0 Å². The molecule has 1 aliphatic heterocycles. The average Bonchev–Trinajstić information content (AvgIpc) is 2.95. The van der Waals surface area contributed by atoms with E-state index in [0.29, 0.717) is 6.42 Å². The van der Waals surface area contributed by atoms with Crippen LogP contribution in [0.1, 0.15) is 35.3 Å². The first-order valence-electron chi connectivity index (χ1n) is 7.28. The summed E-state index contributed by atoms with van der Waals surface area (Å²) in [6, 6.07) is 14.5. The summed E-state index contributed by atoms with van der Waals surface area (Å²) in [5.41, 5.74) is 4.70. The Hall–Kier alpha value is -1.80. The Balaban J connectivity index is 1.73. The van der Waals surface area contributed by atoms with Crippen molar-refractivity contribution in [1.82, 2.24) is 0 Å². The average molecular weight is 268 g/mol. The van der Waals surface area contributed by atoms with Gasteiger partial charge in [0.25, 0.3) is 0 Å². The summed E-state index contributed by atoms with van der Waals surface area (Å²) in [7, 11) is 0. The Morgan fingerprint density at radius 1 is 1.10 bits per heavy atom. The SMILES string of the molecule is CCc1ccc(CC(O)c2ccc3c(c2)CCO3)cc1. The molecule has 2 aromatic rings. The van der Waals surface area contributed by atoms with E-state index < -0.39 is 6.10 Å². The van der Waals surface area contributed by atoms with Crippen LogP contribution in [0, 0.1) is 0 Å². The van der Waals surface area contributed by atoms with Crippen LogP contribution in [0.3, 0.4) is 0 Å². The van der Waals surface area contributed by atoms with Gasteiger partial charge < -0.3 is 9.84 Å². The summed E-state index contributed by atoms with van der Waals surface area (Å²) >= 11 is 0. The van der Waals surface area contributed by atoms with Gasteiger partial charge in [0.05, 0.1) is 12.7 Å². The van der Waals surface area contributed by atoms with Crippen LogP contribution in [-0.2, 0) is 19.3 Å². The molecular formula is C18H20O2. The standard InChI is InChI=1S/C18H20O2/c1-2-13-3-5-14(6-4-13)11-17(19)15-7-8-18-16(12-15)9-10-20-18/h3-8,12,17,19H,2,9-11H2,1H3. The molecule has 0 aromatic heterocycles. The number of rotatable bonds is 4. The first kappa shape index (κ1) is 13.2. The zero-order valence-corrected chi connectivity index (χ0v) is 11.8.